The van der Waals surface area contributed by atoms with Gasteiger partial charge < -0.3 is 10.8 Å². The van der Waals surface area contributed by atoms with Crippen molar-refractivity contribution >= 4 is 15.9 Å². The molecule has 0 spiro atoms. The van der Waals surface area contributed by atoms with Gasteiger partial charge in [-0.25, -0.2) is 0 Å². The maximum absolute atomic E-state index is 9.75. The van der Waals surface area contributed by atoms with Crippen LogP contribution in [0.3, 0.4) is 0 Å². The van der Waals surface area contributed by atoms with Gasteiger partial charge in [0, 0.05) is 15.6 Å². The molecule has 0 aliphatic rings. The molecule has 3 N–H and O–H groups in total. The zero-order chi connectivity index (χ0) is 10.9. The molecule has 78 valence electrons. The molecule has 0 aromatic heterocycles. The van der Waals surface area contributed by atoms with Crippen LogP contribution in [-0.2, 0) is 6.42 Å². The fourth-order valence-electron chi connectivity index (χ4n) is 1.38. The number of nitrogens with two attached hydrogens (primary N) is 1. The van der Waals surface area contributed by atoms with Crippen molar-refractivity contribution in [2.24, 2.45) is 5.73 Å². The third kappa shape index (κ3) is 3.00. The summed E-state index contributed by atoms with van der Waals surface area (Å²) in [6.07, 6.45) is 0.652. The molecule has 14 heavy (non-hydrogen) atoms. The highest BCUT2D eigenvalue weighted by Gasteiger charge is 2.16. The Hall–Kier alpha value is -0.540. The third-order valence-corrected chi connectivity index (χ3v) is 2.66. The summed E-state index contributed by atoms with van der Waals surface area (Å²) in [5.74, 6) is 0.315. The Morgan fingerprint density at radius 3 is 2.43 bits per heavy atom. The first kappa shape index (κ1) is 11.5. The number of aromatic hydroxyl groups is 1. The van der Waals surface area contributed by atoms with Crippen LogP contribution in [0.1, 0.15) is 25.0 Å². The van der Waals surface area contributed by atoms with Crippen LogP contribution in [0.25, 0.3) is 0 Å². The van der Waals surface area contributed by atoms with Gasteiger partial charge in [-0.2, -0.15) is 0 Å². The molecule has 1 aromatic rings. The van der Waals surface area contributed by atoms with Crippen molar-refractivity contribution < 1.29 is 5.11 Å². The van der Waals surface area contributed by atoms with Crippen LogP contribution in [0.2, 0.25) is 0 Å². The fraction of sp³-hybridized carbons (Fsp3) is 0.455. The van der Waals surface area contributed by atoms with Crippen LogP contribution < -0.4 is 5.73 Å². The molecule has 0 aliphatic heterocycles. The molecular formula is C11H16BrNO. The van der Waals surface area contributed by atoms with Gasteiger partial charge in [-0.05, 0) is 44.9 Å². The number of hydrogen-bond donors (Lipinski definition) is 2. The molecule has 0 aliphatic carbocycles. The first-order chi connectivity index (χ1) is 6.29. The van der Waals surface area contributed by atoms with Crippen molar-refractivity contribution in [2.45, 2.75) is 32.7 Å². The Morgan fingerprint density at radius 2 is 2.00 bits per heavy atom. The molecule has 2 nitrogen and oxygen atoms in total. The number of benzene rings is 1. The van der Waals surface area contributed by atoms with Gasteiger partial charge >= 0.3 is 0 Å². The standard InChI is InChI=1S/C11H16BrNO/c1-7-4-9(12)8(10(14)5-7)6-11(2,3)13/h4-5,14H,6,13H2,1-3H3. The van der Waals surface area contributed by atoms with E-state index in [-0.39, 0.29) is 5.54 Å². The quantitative estimate of drug-likeness (QED) is 0.856. The number of phenolic OH excluding ortho intramolecular Hbond substituents is 1. The van der Waals surface area contributed by atoms with Crippen molar-refractivity contribution in [3.63, 3.8) is 0 Å². The molecule has 0 fully saturated rings. The van der Waals surface area contributed by atoms with Gasteiger partial charge in [0.2, 0.25) is 0 Å². The monoisotopic (exact) mass is 257 g/mol. The van der Waals surface area contributed by atoms with E-state index in [4.69, 9.17) is 5.73 Å². The van der Waals surface area contributed by atoms with E-state index >= 15 is 0 Å². The Kier molecular flexibility index (Phi) is 3.22. The fourth-order valence-corrected chi connectivity index (χ4v) is 2.09. The van der Waals surface area contributed by atoms with Crippen molar-refractivity contribution in [2.75, 3.05) is 0 Å². The molecule has 0 radical (unpaired) electrons. The van der Waals surface area contributed by atoms with Crippen LogP contribution in [-0.4, -0.2) is 10.6 Å². The van der Waals surface area contributed by atoms with Gasteiger partial charge in [-0.15, -0.1) is 0 Å². The topological polar surface area (TPSA) is 46.2 Å². The normalized spacial score (nSPS) is 11.8. The molecule has 0 saturated heterocycles. The highest BCUT2D eigenvalue weighted by atomic mass is 79.9. The van der Waals surface area contributed by atoms with Crippen LogP contribution in [0.15, 0.2) is 16.6 Å². The SMILES string of the molecule is Cc1cc(O)c(CC(C)(C)N)c(Br)c1. The molecule has 0 amide bonds. The molecule has 0 heterocycles. The average Bonchev–Trinajstić information content (AvgIpc) is 1.95. The van der Waals surface area contributed by atoms with E-state index in [1.165, 1.54) is 0 Å². The predicted octanol–water partition coefficient (Wildman–Crippen LogP) is 2.74. The first-order valence-corrected chi connectivity index (χ1v) is 5.36. The minimum absolute atomic E-state index is 0.310. The van der Waals surface area contributed by atoms with Gasteiger partial charge in [0.15, 0.2) is 0 Å². The maximum Gasteiger partial charge on any atom is 0.120 e. The van der Waals surface area contributed by atoms with Gasteiger partial charge in [0.25, 0.3) is 0 Å². The number of aryl methyl sites for hydroxylation is 1. The summed E-state index contributed by atoms with van der Waals surface area (Å²) in [6.45, 7) is 5.83. The third-order valence-electron chi connectivity index (χ3n) is 1.95. The molecule has 1 rings (SSSR count). The van der Waals surface area contributed by atoms with E-state index < -0.39 is 0 Å². The zero-order valence-electron chi connectivity index (χ0n) is 8.76. The van der Waals surface area contributed by atoms with Crippen LogP contribution in [0, 0.1) is 6.92 Å². The molecule has 1 aromatic carbocycles. The van der Waals surface area contributed by atoms with E-state index in [2.05, 4.69) is 15.9 Å². The van der Waals surface area contributed by atoms with Gasteiger partial charge in [0.05, 0.1) is 0 Å². The predicted molar refractivity (Wildman–Crippen MR) is 62.5 cm³/mol. The summed E-state index contributed by atoms with van der Waals surface area (Å²) in [5.41, 5.74) is 7.51. The first-order valence-electron chi connectivity index (χ1n) is 4.56. The van der Waals surface area contributed by atoms with Gasteiger partial charge in [0.1, 0.15) is 5.75 Å². The number of phenols is 1. The van der Waals surface area contributed by atoms with Gasteiger partial charge in [-0.1, -0.05) is 15.9 Å². The number of hydrogen-bond acceptors (Lipinski definition) is 2. The lowest BCUT2D eigenvalue weighted by Crippen LogP contribution is -2.34. The summed E-state index contributed by atoms with van der Waals surface area (Å²) in [6, 6.07) is 3.74. The van der Waals surface area contributed by atoms with E-state index in [1.54, 1.807) is 6.07 Å². The van der Waals surface area contributed by atoms with E-state index in [1.807, 2.05) is 26.8 Å². The Labute approximate surface area is 93.3 Å². The maximum atomic E-state index is 9.75. The summed E-state index contributed by atoms with van der Waals surface area (Å²) in [5, 5.41) is 9.75. The average molecular weight is 258 g/mol. The number of halogens is 1. The lowest BCUT2D eigenvalue weighted by Gasteiger charge is -2.20. The van der Waals surface area contributed by atoms with E-state index in [0.29, 0.717) is 12.2 Å². The minimum atomic E-state index is -0.310. The summed E-state index contributed by atoms with van der Waals surface area (Å²) in [4.78, 5) is 0. The largest absolute Gasteiger partial charge is 0.508 e. The molecule has 0 bridgehead atoms. The second-order valence-electron chi connectivity index (χ2n) is 4.41. The lowest BCUT2D eigenvalue weighted by molar-refractivity contribution is 0.448. The summed E-state index contributed by atoms with van der Waals surface area (Å²) < 4.78 is 0.925. The van der Waals surface area contributed by atoms with Crippen LogP contribution in [0.4, 0.5) is 0 Å². The smallest absolute Gasteiger partial charge is 0.120 e. The highest BCUT2D eigenvalue weighted by molar-refractivity contribution is 9.10. The van der Waals surface area contributed by atoms with Crippen LogP contribution in [0.5, 0.6) is 5.75 Å². The molecule has 0 saturated carbocycles. The number of rotatable bonds is 2. The van der Waals surface area contributed by atoms with E-state index in [9.17, 15) is 5.11 Å². The highest BCUT2D eigenvalue weighted by Crippen LogP contribution is 2.30. The minimum Gasteiger partial charge on any atom is -0.508 e. The summed E-state index contributed by atoms with van der Waals surface area (Å²) in [7, 11) is 0. The second-order valence-corrected chi connectivity index (χ2v) is 5.26. The Morgan fingerprint density at radius 1 is 1.43 bits per heavy atom. The Bertz CT molecular complexity index is 319. The van der Waals surface area contributed by atoms with Crippen molar-refractivity contribution in [1.82, 2.24) is 0 Å². The van der Waals surface area contributed by atoms with E-state index in [0.717, 1.165) is 15.6 Å². The lowest BCUT2D eigenvalue weighted by atomic mass is 9.95. The molecular weight excluding hydrogens is 242 g/mol. The second kappa shape index (κ2) is 3.91. The van der Waals surface area contributed by atoms with Gasteiger partial charge in [-0.3, -0.25) is 0 Å². The van der Waals surface area contributed by atoms with Crippen LogP contribution >= 0.6 is 15.9 Å². The van der Waals surface area contributed by atoms with Crippen molar-refractivity contribution in [3.05, 3.63) is 27.7 Å². The Balaban J connectivity index is 3.09. The molecule has 3 heteroatoms. The molecule has 0 atom stereocenters. The molecule has 0 unspecified atom stereocenters. The van der Waals surface area contributed by atoms with Crippen molar-refractivity contribution in [1.29, 1.82) is 0 Å². The zero-order valence-corrected chi connectivity index (χ0v) is 10.4. The van der Waals surface area contributed by atoms with Crippen molar-refractivity contribution in [3.8, 4) is 5.75 Å². The summed E-state index contributed by atoms with van der Waals surface area (Å²) >= 11 is 3.44.